The Morgan fingerprint density at radius 2 is 1.90 bits per heavy atom. The number of nitrogens with zero attached hydrogens (tertiary/aromatic N) is 1. The number of carbonyl (C=O) groups excluding carboxylic acids is 2. The molecule has 1 aliphatic rings. The van der Waals surface area contributed by atoms with Crippen LogP contribution in [0.1, 0.15) is 12.8 Å². The number of aliphatic carboxylic acids is 1. The van der Waals surface area contributed by atoms with E-state index in [1.54, 1.807) is 0 Å². The maximum atomic E-state index is 11.4. The highest BCUT2D eigenvalue weighted by Gasteiger charge is 2.44. The normalized spacial score (nSPS) is 15.2. The molecule has 0 aliphatic heterocycles. The minimum Gasteiger partial charge on any atom is -0.549 e. The van der Waals surface area contributed by atoms with E-state index in [2.05, 4.69) is 5.32 Å². The summed E-state index contributed by atoms with van der Waals surface area (Å²) in [5.74, 6) is -1.06. The van der Waals surface area contributed by atoms with Crippen LogP contribution in [0, 0.1) is 15.5 Å². The topological polar surface area (TPSA) is 122 Å². The molecule has 0 bridgehead atoms. The number of benzene rings is 1. The van der Waals surface area contributed by atoms with Gasteiger partial charge in [0.1, 0.15) is 5.75 Å². The quantitative estimate of drug-likeness (QED) is 0.607. The molecule has 8 nitrogen and oxygen atoms in total. The molecule has 0 unspecified atom stereocenters. The van der Waals surface area contributed by atoms with E-state index in [4.69, 9.17) is 4.74 Å². The standard InChI is InChI=1S/C12H12N2O6/c15-10(16)12(5-6-12)7-13-11(17)20-9-3-1-8(2-4-9)14(18)19/h1-4H,5-7H2,(H,13,17)(H,15,16)/p-1. The molecule has 1 fully saturated rings. The molecule has 1 aliphatic carbocycles. The highest BCUT2D eigenvalue weighted by atomic mass is 16.6. The monoisotopic (exact) mass is 279 g/mol. The molecular formula is C12H11N2O6-. The molecule has 20 heavy (non-hydrogen) atoms. The van der Waals surface area contributed by atoms with E-state index in [0.717, 1.165) is 0 Å². The predicted octanol–water partition coefficient (Wildman–Crippen LogP) is 0.213. The maximum Gasteiger partial charge on any atom is 0.412 e. The largest absolute Gasteiger partial charge is 0.549 e. The van der Waals surface area contributed by atoms with Crippen molar-refractivity contribution in [2.75, 3.05) is 6.54 Å². The van der Waals surface area contributed by atoms with Crippen molar-refractivity contribution >= 4 is 17.7 Å². The van der Waals surface area contributed by atoms with Gasteiger partial charge in [-0.05, 0) is 25.0 Å². The zero-order chi connectivity index (χ0) is 14.8. The Balaban J connectivity index is 1.85. The Hall–Kier alpha value is -2.64. The lowest BCUT2D eigenvalue weighted by atomic mass is 10.1. The molecule has 1 aromatic carbocycles. The van der Waals surface area contributed by atoms with Crippen molar-refractivity contribution < 1.29 is 24.4 Å². The summed E-state index contributed by atoms with van der Waals surface area (Å²) in [6.07, 6.45) is 0.117. The molecule has 1 N–H and O–H groups in total. The fourth-order valence-corrected chi connectivity index (χ4v) is 1.62. The summed E-state index contributed by atoms with van der Waals surface area (Å²) in [6.45, 7) is -0.0544. The third-order valence-electron chi connectivity index (χ3n) is 3.12. The second-order valence-corrected chi connectivity index (χ2v) is 4.56. The van der Waals surface area contributed by atoms with Gasteiger partial charge in [-0.15, -0.1) is 0 Å². The van der Waals surface area contributed by atoms with Gasteiger partial charge in [0, 0.05) is 30.1 Å². The summed E-state index contributed by atoms with van der Waals surface area (Å²) in [5, 5.41) is 23.6. The highest BCUT2D eigenvalue weighted by molar-refractivity contribution is 5.78. The van der Waals surface area contributed by atoms with Crippen molar-refractivity contribution in [1.29, 1.82) is 0 Å². The molecule has 1 aromatic rings. The molecular weight excluding hydrogens is 268 g/mol. The minimum atomic E-state index is -1.19. The average Bonchev–Trinajstić information content (AvgIpc) is 3.18. The minimum absolute atomic E-state index is 0.0544. The first kappa shape index (κ1) is 13.8. The SMILES string of the molecule is O=C(NCC1(C(=O)[O-])CC1)Oc1ccc([N+](=O)[O-])cc1. The number of nitro groups is 1. The molecule has 0 saturated heterocycles. The van der Waals surface area contributed by atoms with Crippen LogP contribution in [0.15, 0.2) is 24.3 Å². The van der Waals surface area contributed by atoms with Gasteiger partial charge >= 0.3 is 6.09 Å². The van der Waals surface area contributed by atoms with Gasteiger partial charge in [0.05, 0.1) is 4.92 Å². The summed E-state index contributed by atoms with van der Waals surface area (Å²) in [5.41, 5.74) is -1.10. The summed E-state index contributed by atoms with van der Waals surface area (Å²) < 4.78 is 4.87. The van der Waals surface area contributed by atoms with Crippen molar-refractivity contribution in [2.45, 2.75) is 12.8 Å². The lowest BCUT2D eigenvalue weighted by molar-refractivity contribution is -0.384. The zero-order valence-electron chi connectivity index (χ0n) is 10.3. The molecule has 0 atom stereocenters. The summed E-state index contributed by atoms with van der Waals surface area (Å²) in [4.78, 5) is 32.1. The lowest BCUT2D eigenvalue weighted by Gasteiger charge is -2.16. The number of hydrogen-bond acceptors (Lipinski definition) is 6. The molecule has 8 heteroatoms. The van der Waals surface area contributed by atoms with Crippen LogP contribution in [0.3, 0.4) is 0 Å². The Labute approximate surface area is 113 Å². The first-order chi connectivity index (χ1) is 9.43. The molecule has 106 valence electrons. The maximum absolute atomic E-state index is 11.4. The Bertz CT molecular complexity index is 550. The van der Waals surface area contributed by atoms with E-state index in [0.29, 0.717) is 12.8 Å². The van der Waals surface area contributed by atoms with E-state index in [1.807, 2.05) is 0 Å². The summed E-state index contributed by atoms with van der Waals surface area (Å²) >= 11 is 0. The number of nitro benzene ring substituents is 1. The zero-order valence-corrected chi connectivity index (χ0v) is 10.3. The Morgan fingerprint density at radius 1 is 1.30 bits per heavy atom. The number of nitrogens with one attached hydrogen (secondary N) is 1. The van der Waals surface area contributed by atoms with E-state index >= 15 is 0 Å². The number of hydrogen-bond donors (Lipinski definition) is 1. The first-order valence-electron chi connectivity index (χ1n) is 5.84. The van der Waals surface area contributed by atoms with Gasteiger partial charge in [-0.3, -0.25) is 10.1 Å². The number of rotatable bonds is 5. The molecule has 2 rings (SSSR count). The number of amides is 1. The van der Waals surface area contributed by atoms with Gasteiger partial charge in [-0.1, -0.05) is 0 Å². The van der Waals surface area contributed by atoms with Gasteiger partial charge in [0.2, 0.25) is 0 Å². The van der Waals surface area contributed by atoms with E-state index in [9.17, 15) is 24.8 Å². The number of ether oxygens (including phenoxy) is 1. The van der Waals surface area contributed by atoms with Crippen LogP contribution in [0.5, 0.6) is 5.75 Å². The smallest absolute Gasteiger partial charge is 0.412 e. The van der Waals surface area contributed by atoms with Crippen molar-refractivity contribution in [3.8, 4) is 5.75 Å². The highest BCUT2D eigenvalue weighted by Crippen LogP contribution is 2.44. The third kappa shape index (κ3) is 3.02. The molecule has 0 heterocycles. The lowest BCUT2D eigenvalue weighted by Crippen LogP contribution is -2.42. The van der Waals surface area contributed by atoms with Crippen LogP contribution in [0.2, 0.25) is 0 Å². The second kappa shape index (κ2) is 5.16. The molecule has 0 radical (unpaired) electrons. The fourth-order valence-electron chi connectivity index (χ4n) is 1.62. The Morgan fingerprint density at radius 3 is 2.35 bits per heavy atom. The second-order valence-electron chi connectivity index (χ2n) is 4.56. The first-order valence-corrected chi connectivity index (χ1v) is 5.84. The van der Waals surface area contributed by atoms with Gasteiger partial charge in [0.25, 0.3) is 5.69 Å². The van der Waals surface area contributed by atoms with Crippen molar-refractivity contribution in [3.63, 3.8) is 0 Å². The van der Waals surface area contributed by atoms with Crippen molar-refractivity contribution in [1.82, 2.24) is 5.32 Å². The third-order valence-corrected chi connectivity index (χ3v) is 3.12. The number of carboxylic acid groups (broad SMARTS) is 1. The van der Waals surface area contributed by atoms with Crippen LogP contribution in [0.4, 0.5) is 10.5 Å². The fraction of sp³-hybridized carbons (Fsp3) is 0.333. The van der Waals surface area contributed by atoms with E-state index < -0.39 is 22.4 Å². The van der Waals surface area contributed by atoms with Gasteiger partial charge in [-0.2, -0.15) is 0 Å². The van der Waals surface area contributed by atoms with Gasteiger partial charge in [-0.25, -0.2) is 4.79 Å². The van der Waals surface area contributed by atoms with Crippen molar-refractivity contribution in [3.05, 3.63) is 34.4 Å². The van der Waals surface area contributed by atoms with Crippen LogP contribution < -0.4 is 15.2 Å². The number of carboxylic acids is 1. The average molecular weight is 279 g/mol. The van der Waals surface area contributed by atoms with E-state index in [1.165, 1.54) is 24.3 Å². The van der Waals surface area contributed by atoms with Crippen molar-refractivity contribution in [2.24, 2.45) is 5.41 Å². The van der Waals surface area contributed by atoms with Crippen LogP contribution >= 0.6 is 0 Å². The van der Waals surface area contributed by atoms with Crippen LogP contribution in [-0.2, 0) is 4.79 Å². The van der Waals surface area contributed by atoms with Gasteiger partial charge < -0.3 is 20.0 Å². The number of non-ortho nitro benzene ring substituents is 1. The van der Waals surface area contributed by atoms with Crippen LogP contribution in [-0.4, -0.2) is 23.5 Å². The molecule has 1 amide bonds. The van der Waals surface area contributed by atoms with E-state index in [-0.39, 0.29) is 18.0 Å². The molecule has 1 saturated carbocycles. The number of carbonyl (C=O) groups is 2. The molecule has 0 spiro atoms. The van der Waals surface area contributed by atoms with Gasteiger partial charge in [0.15, 0.2) is 0 Å². The van der Waals surface area contributed by atoms with Crippen LogP contribution in [0.25, 0.3) is 0 Å². The summed E-state index contributed by atoms with van der Waals surface area (Å²) in [7, 11) is 0. The molecule has 0 aromatic heterocycles. The predicted molar refractivity (Wildman–Crippen MR) is 63.8 cm³/mol. The summed E-state index contributed by atoms with van der Waals surface area (Å²) in [6, 6.07) is 4.96. The Kier molecular flexibility index (Phi) is 3.55.